The Balaban J connectivity index is -0.000000258. The third-order valence-corrected chi connectivity index (χ3v) is 12.0. The van der Waals surface area contributed by atoms with E-state index in [9.17, 15) is 29.7 Å². The van der Waals surface area contributed by atoms with Crippen LogP contribution >= 0.6 is 0 Å². The molecule has 360 valence electrons. The SMILES string of the molecule is CCCCCCCCCCCCCCCCCC(=O)[O-].CCCCCCCCCCCCCCCCCC(=O)[O-].CCCCCCCCCCCCCCCCCC(=O)[O-].[Mg+2].[Na+]. The maximum Gasteiger partial charge on any atom is 2.00 e. The number of unbranched alkanes of at least 4 members (excludes halogenated alkanes) is 42. The number of hydrogen-bond acceptors (Lipinski definition) is 6. The smallest absolute Gasteiger partial charge is 0.550 e. The van der Waals surface area contributed by atoms with Gasteiger partial charge in [-0.15, -0.1) is 0 Å². The molecule has 0 aliphatic heterocycles. The summed E-state index contributed by atoms with van der Waals surface area (Å²) in [6.07, 6.45) is 59.6. The molecule has 0 bridgehead atoms. The fourth-order valence-corrected chi connectivity index (χ4v) is 7.92. The van der Waals surface area contributed by atoms with E-state index < -0.39 is 17.9 Å². The van der Waals surface area contributed by atoms with E-state index in [1.54, 1.807) is 0 Å². The van der Waals surface area contributed by atoms with Gasteiger partial charge in [0.2, 0.25) is 0 Å². The van der Waals surface area contributed by atoms with Crippen LogP contribution in [0.5, 0.6) is 0 Å². The molecule has 0 atom stereocenters. The van der Waals surface area contributed by atoms with Crippen molar-refractivity contribution >= 4 is 41.0 Å². The summed E-state index contributed by atoms with van der Waals surface area (Å²) in [4.78, 5) is 30.7. The van der Waals surface area contributed by atoms with Gasteiger partial charge in [0.1, 0.15) is 0 Å². The molecule has 0 saturated carbocycles. The normalized spacial score (nSPS) is 10.5. The minimum absolute atomic E-state index is 0. The molecule has 0 aromatic carbocycles. The Labute approximate surface area is 426 Å². The summed E-state index contributed by atoms with van der Waals surface area (Å²) in [6.45, 7) is 6.80. The van der Waals surface area contributed by atoms with Crippen LogP contribution in [0.15, 0.2) is 0 Å². The third-order valence-electron chi connectivity index (χ3n) is 12.0. The molecular formula is C54H105MgNaO6. The van der Waals surface area contributed by atoms with E-state index >= 15 is 0 Å². The second kappa shape index (κ2) is 67.8. The monoisotopic (exact) mass is 897 g/mol. The van der Waals surface area contributed by atoms with Crippen LogP contribution in [0.4, 0.5) is 0 Å². The number of carbonyl (C=O) groups excluding carboxylic acids is 3. The van der Waals surface area contributed by atoms with Crippen molar-refractivity contribution in [2.24, 2.45) is 0 Å². The molecule has 0 fully saturated rings. The summed E-state index contributed by atoms with van der Waals surface area (Å²) in [7, 11) is 0. The second-order valence-electron chi connectivity index (χ2n) is 18.2. The first-order valence-electron chi connectivity index (χ1n) is 26.9. The molecule has 0 aromatic rings. The molecule has 0 amide bonds. The standard InChI is InChI=1S/3C18H36O2.Mg.Na/c3*1-2-3-4-5-6-7-8-9-10-11-12-13-14-15-16-17-18(19)20;;/h3*2-17H2,1H3,(H,19,20);;/q;;;+2;+1/p-3. The minimum Gasteiger partial charge on any atom is -0.550 e. The molecule has 0 radical (unpaired) electrons. The van der Waals surface area contributed by atoms with Crippen molar-refractivity contribution in [1.29, 1.82) is 0 Å². The number of carboxylic acids is 3. The number of carboxylic acid groups (broad SMARTS) is 3. The number of rotatable bonds is 48. The fraction of sp³-hybridized carbons (Fsp3) is 0.944. The predicted octanol–water partition coefficient (Wildman–Crippen LogP) is 11.6. The van der Waals surface area contributed by atoms with Gasteiger partial charge in [-0.2, -0.15) is 0 Å². The molecule has 0 N–H and O–H groups in total. The summed E-state index contributed by atoms with van der Waals surface area (Å²) in [5.41, 5.74) is 0. The molecule has 0 saturated heterocycles. The zero-order chi connectivity index (χ0) is 44.7. The zero-order valence-electron chi connectivity index (χ0n) is 42.6. The van der Waals surface area contributed by atoms with E-state index in [2.05, 4.69) is 20.8 Å². The Hall–Kier alpha value is 0.176. The number of hydrogen-bond donors (Lipinski definition) is 0. The van der Waals surface area contributed by atoms with Gasteiger partial charge in [-0.25, -0.2) is 0 Å². The van der Waals surface area contributed by atoms with Gasteiger partial charge in [0.05, 0.1) is 0 Å². The van der Waals surface area contributed by atoms with E-state index in [1.165, 1.54) is 250 Å². The Bertz CT molecular complexity index is 724. The average Bonchev–Trinajstić information content (AvgIpc) is 3.22. The Morgan fingerprint density at radius 1 is 0.226 bits per heavy atom. The van der Waals surface area contributed by atoms with Gasteiger partial charge in [0, 0.05) is 17.9 Å². The van der Waals surface area contributed by atoms with Crippen molar-refractivity contribution in [2.45, 2.75) is 329 Å². The third kappa shape index (κ3) is 80.5. The predicted molar refractivity (Wildman–Crippen MR) is 259 cm³/mol. The largest absolute Gasteiger partial charge is 2.00 e. The topological polar surface area (TPSA) is 120 Å². The van der Waals surface area contributed by atoms with Gasteiger partial charge < -0.3 is 29.7 Å². The minimum atomic E-state index is -0.903. The molecule has 62 heavy (non-hydrogen) atoms. The molecule has 6 nitrogen and oxygen atoms in total. The van der Waals surface area contributed by atoms with Crippen LogP contribution in [-0.2, 0) is 14.4 Å². The van der Waals surface area contributed by atoms with Gasteiger partial charge in [-0.05, 0) is 38.5 Å². The number of aliphatic carboxylic acids is 3. The van der Waals surface area contributed by atoms with Crippen LogP contribution in [0.3, 0.4) is 0 Å². The van der Waals surface area contributed by atoms with Crippen LogP contribution < -0.4 is 44.9 Å². The Morgan fingerprint density at radius 3 is 0.419 bits per heavy atom. The molecule has 0 aliphatic rings. The van der Waals surface area contributed by atoms with E-state index in [-0.39, 0.29) is 71.9 Å². The maximum atomic E-state index is 10.2. The molecule has 0 aliphatic carbocycles. The fourth-order valence-electron chi connectivity index (χ4n) is 7.92. The molecule has 0 spiro atoms. The molecule has 0 heterocycles. The van der Waals surface area contributed by atoms with Gasteiger partial charge in [0.15, 0.2) is 0 Å². The summed E-state index contributed by atoms with van der Waals surface area (Å²) in [6, 6.07) is 0. The first-order chi connectivity index (χ1) is 29.3. The van der Waals surface area contributed by atoms with E-state index in [1.807, 2.05) is 0 Å². The van der Waals surface area contributed by atoms with E-state index in [0.29, 0.717) is 0 Å². The Kier molecular flexibility index (Phi) is 77.8. The summed E-state index contributed by atoms with van der Waals surface area (Å²) < 4.78 is 0. The van der Waals surface area contributed by atoms with Crippen LogP contribution in [0, 0.1) is 0 Å². The molecular weight excluding hydrogens is 792 g/mol. The molecule has 0 rings (SSSR count). The van der Waals surface area contributed by atoms with Crippen LogP contribution in [0.2, 0.25) is 0 Å². The van der Waals surface area contributed by atoms with Crippen LogP contribution in [-0.4, -0.2) is 41.0 Å². The molecule has 0 unspecified atom stereocenters. The zero-order valence-corrected chi connectivity index (χ0v) is 46.0. The Morgan fingerprint density at radius 2 is 0.323 bits per heavy atom. The quantitative estimate of drug-likeness (QED) is 0.0443. The molecule has 8 heteroatoms. The van der Waals surface area contributed by atoms with Crippen molar-refractivity contribution < 1.29 is 59.3 Å². The second-order valence-corrected chi connectivity index (χ2v) is 18.2. The summed E-state index contributed by atoms with van der Waals surface area (Å²) in [5, 5.41) is 30.7. The van der Waals surface area contributed by atoms with E-state index in [4.69, 9.17) is 0 Å². The molecule has 0 aromatic heterocycles. The van der Waals surface area contributed by atoms with Gasteiger partial charge >= 0.3 is 52.6 Å². The first-order valence-corrected chi connectivity index (χ1v) is 26.9. The first kappa shape index (κ1) is 71.2. The van der Waals surface area contributed by atoms with Crippen molar-refractivity contribution in [3.05, 3.63) is 0 Å². The van der Waals surface area contributed by atoms with Crippen LogP contribution in [0.25, 0.3) is 0 Å². The van der Waals surface area contributed by atoms with Crippen LogP contribution in [0.1, 0.15) is 329 Å². The van der Waals surface area contributed by atoms with Crippen molar-refractivity contribution in [3.8, 4) is 0 Å². The number of carbonyl (C=O) groups is 3. The van der Waals surface area contributed by atoms with Gasteiger partial charge in [-0.3, -0.25) is 0 Å². The summed E-state index contributed by atoms with van der Waals surface area (Å²) in [5.74, 6) is -2.71. The summed E-state index contributed by atoms with van der Waals surface area (Å²) >= 11 is 0. The van der Waals surface area contributed by atoms with Crippen molar-refractivity contribution in [1.82, 2.24) is 0 Å². The van der Waals surface area contributed by atoms with Crippen molar-refractivity contribution in [2.75, 3.05) is 0 Å². The van der Waals surface area contributed by atoms with Gasteiger partial charge in [0.25, 0.3) is 0 Å². The van der Waals surface area contributed by atoms with Crippen molar-refractivity contribution in [3.63, 3.8) is 0 Å². The maximum absolute atomic E-state index is 10.2. The van der Waals surface area contributed by atoms with Gasteiger partial charge in [-0.1, -0.05) is 290 Å². The average molecular weight is 898 g/mol. The van der Waals surface area contributed by atoms with E-state index in [0.717, 1.165) is 38.5 Å².